The van der Waals surface area contributed by atoms with Crippen LogP contribution < -0.4 is 4.84 Å². The van der Waals surface area contributed by atoms with Gasteiger partial charge >= 0.3 is 0 Å². The van der Waals surface area contributed by atoms with Gasteiger partial charge in [-0.15, -0.1) is 0 Å². The Hall–Kier alpha value is -2.24. The number of aromatic nitrogens is 2. The van der Waals surface area contributed by atoms with Crippen LogP contribution in [0.25, 0.3) is 11.0 Å². The van der Waals surface area contributed by atoms with Crippen molar-refractivity contribution in [2.24, 2.45) is 5.28 Å². The first kappa shape index (κ1) is 9.32. The maximum absolute atomic E-state index is 10.5. The van der Waals surface area contributed by atoms with Gasteiger partial charge < -0.3 is 5.21 Å². The third-order valence-corrected chi connectivity index (χ3v) is 1.68. The number of hydroxylamine groups is 1. The number of rotatable bonds is 2. The van der Waals surface area contributed by atoms with Crippen molar-refractivity contribution in [2.75, 3.05) is 7.05 Å². The minimum atomic E-state index is 0.191. The van der Waals surface area contributed by atoms with Crippen LogP contribution in [0.2, 0.25) is 0 Å². The molecule has 0 radical (unpaired) electrons. The molecule has 0 aliphatic carbocycles. The first-order valence-corrected chi connectivity index (χ1v) is 4.26. The van der Waals surface area contributed by atoms with Crippen LogP contribution in [0, 0.1) is 5.21 Å². The summed E-state index contributed by atoms with van der Waals surface area (Å²) >= 11 is 0. The highest BCUT2D eigenvalue weighted by molar-refractivity contribution is 5.73. The lowest BCUT2D eigenvalue weighted by atomic mass is 10.3. The number of para-hydroxylation sites is 2. The maximum Gasteiger partial charge on any atom is 0.273 e. The molecule has 0 atom stereocenters. The topological polar surface area (TPSA) is 73.4 Å². The Bertz CT molecular complexity index is 508. The van der Waals surface area contributed by atoms with E-state index in [1.165, 1.54) is 13.2 Å². The van der Waals surface area contributed by atoms with Crippen LogP contribution in [-0.2, 0) is 0 Å². The van der Waals surface area contributed by atoms with Crippen LogP contribution in [0.15, 0.2) is 35.7 Å². The van der Waals surface area contributed by atoms with Gasteiger partial charge in [0.2, 0.25) is 5.28 Å². The highest BCUT2D eigenvalue weighted by atomic mass is 16.7. The number of nitrogens with zero attached hydrogens (tertiary/aromatic N) is 4. The summed E-state index contributed by atoms with van der Waals surface area (Å²) in [5, 5.41) is 13.6. The average Bonchev–Trinajstić information content (AvgIpc) is 2.26. The zero-order valence-electron chi connectivity index (χ0n) is 7.99. The molecule has 2 aromatic rings. The van der Waals surface area contributed by atoms with E-state index >= 15 is 0 Å². The number of hydrogen-bond acceptors (Lipinski definition) is 5. The summed E-state index contributed by atoms with van der Waals surface area (Å²) in [4.78, 5) is 13.2. The predicted molar refractivity (Wildman–Crippen MR) is 52.1 cm³/mol. The van der Waals surface area contributed by atoms with Gasteiger partial charge in [-0.1, -0.05) is 17.0 Å². The minimum Gasteiger partial charge on any atom is -0.598 e. The van der Waals surface area contributed by atoms with Crippen molar-refractivity contribution in [1.82, 2.24) is 9.97 Å². The SMILES string of the molecule is C[N+]([O-])=NOc1cnc2ccccc2n1. The van der Waals surface area contributed by atoms with Crippen LogP contribution in [0.1, 0.15) is 0 Å². The Balaban J connectivity index is 2.34. The molecule has 0 saturated heterocycles. The van der Waals surface area contributed by atoms with E-state index in [0.29, 0.717) is 10.4 Å². The first-order chi connectivity index (χ1) is 7.25. The summed E-state index contributed by atoms with van der Waals surface area (Å²) < 4.78 is 0. The fourth-order valence-electron chi connectivity index (χ4n) is 1.08. The Labute approximate surface area is 85.4 Å². The molecule has 0 bridgehead atoms. The van der Waals surface area contributed by atoms with E-state index in [0.717, 1.165) is 5.52 Å². The Kier molecular flexibility index (Phi) is 2.40. The van der Waals surface area contributed by atoms with Crippen LogP contribution in [-0.4, -0.2) is 21.9 Å². The van der Waals surface area contributed by atoms with E-state index in [-0.39, 0.29) is 5.88 Å². The third kappa shape index (κ3) is 2.16. The molecule has 1 aromatic heterocycles. The van der Waals surface area contributed by atoms with Crippen LogP contribution >= 0.6 is 0 Å². The monoisotopic (exact) mass is 204 g/mol. The lowest BCUT2D eigenvalue weighted by Gasteiger charge is -1.97. The molecule has 6 heteroatoms. The van der Waals surface area contributed by atoms with Crippen molar-refractivity contribution in [2.45, 2.75) is 0 Å². The van der Waals surface area contributed by atoms with E-state index < -0.39 is 0 Å². The van der Waals surface area contributed by atoms with Crippen LogP contribution in [0.5, 0.6) is 5.88 Å². The molecule has 0 fully saturated rings. The molecule has 15 heavy (non-hydrogen) atoms. The molecule has 6 nitrogen and oxygen atoms in total. The first-order valence-electron chi connectivity index (χ1n) is 4.26. The van der Waals surface area contributed by atoms with E-state index in [1.807, 2.05) is 18.2 Å². The van der Waals surface area contributed by atoms with Gasteiger partial charge in [0.05, 0.1) is 17.2 Å². The average molecular weight is 204 g/mol. The molecule has 0 spiro atoms. The van der Waals surface area contributed by atoms with Crippen LogP contribution in [0.4, 0.5) is 0 Å². The third-order valence-electron chi connectivity index (χ3n) is 1.68. The summed E-state index contributed by atoms with van der Waals surface area (Å²) in [5.74, 6) is 0.191. The summed E-state index contributed by atoms with van der Waals surface area (Å²) in [6.07, 6.45) is 1.41. The van der Waals surface area contributed by atoms with E-state index in [9.17, 15) is 5.21 Å². The molecule has 76 valence electrons. The second-order valence-corrected chi connectivity index (χ2v) is 2.83. The summed E-state index contributed by atoms with van der Waals surface area (Å²) in [6, 6.07) is 7.35. The van der Waals surface area contributed by atoms with Gasteiger partial charge in [0.25, 0.3) is 5.88 Å². The quantitative estimate of drug-likeness (QED) is 0.422. The zero-order chi connectivity index (χ0) is 10.7. The second-order valence-electron chi connectivity index (χ2n) is 2.83. The van der Waals surface area contributed by atoms with Gasteiger partial charge in [0, 0.05) is 0 Å². The molecule has 0 unspecified atom stereocenters. The van der Waals surface area contributed by atoms with Crippen molar-refractivity contribution < 1.29 is 9.70 Å². The summed E-state index contributed by atoms with van der Waals surface area (Å²) in [7, 11) is 1.22. The van der Waals surface area contributed by atoms with Crippen molar-refractivity contribution in [3.8, 4) is 5.88 Å². The van der Waals surface area contributed by atoms with Crippen molar-refractivity contribution in [1.29, 1.82) is 0 Å². The molecule has 0 aliphatic heterocycles. The summed E-state index contributed by atoms with van der Waals surface area (Å²) in [5.41, 5.74) is 1.46. The molecular weight excluding hydrogens is 196 g/mol. The van der Waals surface area contributed by atoms with Gasteiger partial charge in [-0.2, -0.15) is 0 Å². The van der Waals surface area contributed by atoms with Gasteiger partial charge in [-0.3, -0.25) is 4.84 Å². The largest absolute Gasteiger partial charge is 0.598 e. The normalized spacial score (nSPS) is 11.7. The number of hydrogen-bond donors (Lipinski definition) is 0. The van der Waals surface area contributed by atoms with Gasteiger partial charge in [-0.05, 0) is 12.1 Å². The lowest BCUT2D eigenvalue weighted by Crippen LogP contribution is -1.96. The molecule has 0 amide bonds. The fraction of sp³-hybridized carbons (Fsp3) is 0.111. The van der Waals surface area contributed by atoms with Gasteiger partial charge in [-0.25, -0.2) is 9.97 Å². The highest BCUT2D eigenvalue weighted by Crippen LogP contribution is 2.12. The maximum atomic E-state index is 10.5. The van der Waals surface area contributed by atoms with E-state index in [4.69, 9.17) is 4.84 Å². The van der Waals surface area contributed by atoms with Gasteiger partial charge in [0.15, 0.2) is 7.05 Å². The molecule has 1 heterocycles. The Morgan fingerprint density at radius 1 is 1.33 bits per heavy atom. The zero-order valence-corrected chi connectivity index (χ0v) is 7.99. The van der Waals surface area contributed by atoms with E-state index in [2.05, 4.69) is 15.2 Å². The molecule has 0 N–H and O–H groups in total. The number of benzene rings is 1. The molecule has 1 aromatic carbocycles. The van der Waals surface area contributed by atoms with Crippen molar-refractivity contribution >= 4 is 11.0 Å². The van der Waals surface area contributed by atoms with Crippen LogP contribution in [0.3, 0.4) is 0 Å². The van der Waals surface area contributed by atoms with Crippen molar-refractivity contribution in [3.05, 3.63) is 35.7 Å². The molecule has 0 aliphatic rings. The Morgan fingerprint density at radius 2 is 2.07 bits per heavy atom. The standard InChI is InChI=1S/C9H8N4O2/c1-13(14)12-15-9-6-10-7-4-2-3-5-8(7)11-9/h2-6H,1H3. The molecular formula is C9H8N4O2. The second kappa shape index (κ2) is 3.87. The van der Waals surface area contributed by atoms with E-state index in [1.54, 1.807) is 6.07 Å². The smallest absolute Gasteiger partial charge is 0.273 e. The summed E-state index contributed by atoms with van der Waals surface area (Å²) in [6.45, 7) is 0. The van der Waals surface area contributed by atoms with Gasteiger partial charge in [0.1, 0.15) is 0 Å². The minimum absolute atomic E-state index is 0.191. The predicted octanol–water partition coefficient (Wildman–Crippen LogP) is 1.52. The van der Waals surface area contributed by atoms with Crippen molar-refractivity contribution in [3.63, 3.8) is 0 Å². The molecule has 2 rings (SSSR count). The highest BCUT2D eigenvalue weighted by Gasteiger charge is 2.00. The lowest BCUT2D eigenvalue weighted by molar-refractivity contribution is -0.522. The number of fused-ring (bicyclic) bond motifs is 1. The Morgan fingerprint density at radius 3 is 2.80 bits per heavy atom. The molecule has 0 saturated carbocycles. The fourth-order valence-corrected chi connectivity index (χ4v) is 1.08.